The Morgan fingerprint density at radius 3 is 2.43 bits per heavy atom. The molecule has 0 saturated heterocycles. The number of hydrogen-bond donors (Lipinski definition) is 1. The molecule has 3 rings (SSSR count). The Bertz CT molecular complexity index is 653. The van der Waals surface area contributed by atoms with Crippen molar-refractivity contribution >= 4 is 0 Å². The van der Waals surface area contributed by atoms with Gasteiger partial charge >= 0.3 is 0 Å². The van der Waals surface area contributed by atoms with Gasteiger partial charge in [0.2, 0.25) is 0 Å². The minimum absolute atomic E-state index is 0.394. The van der Waals surface area contributed by atoms with Crippen molar-refractivity contribution in [2.45, 2.75) is 71.6 Å². The minimum atomic E-state index is 0.394. The molecule has 2 nitrogen and oxygen atoms in total. The second-order valence-corrected chi connectivity index (χ2v) is 7.90. The average Bonchev–Trinajstić information content (AvgIpc) is 2.46. The number of rotatable bonds is 2. The normalized spacial score (nSPS) is 29.0. The van der Waals surface area contributed by atoms with Crippen LogP contribution in [-0.2, 0) is 0 Å². The van der Waals surface area contributed by atoms with Gasteiger partial charge in [0.05, 0.1) is 7.11 Å². The molecule has 126 valence electrons. The first-order valence-corrected chi connectivity index (χ1v) is 8.95. The molecule has 2 aliphatic rings. The zero-order chi connectivity index (χ0) is 16.9. The first-order valence-electron chi connectivity index (χ1n) is 8.95. The summed E-state index contributed by atoms with van der Waals surface area (Å²) >= 11 is 0. The number of allylic oxidation sites excluding steroid dienone is 2. The molecule has 4 unspecified atom stereocenters. The van der Waals surface area contributed by atoms with E-state index in [0.717, 1.165) is 17.5 Å². The highest BCUT2D eigenvalue weighted by Crippen LogP contribution is 2.57. The molecule has 0 amide bonds. The summed E-state index contributed by atoms with van der Waals surface area (Å²) < 4.78 is 5.60. The monoisotopic (exact) mass is 314 g/mol. The van der Waals surface area contributed by atoms with Crippen LogP contribution in [0.5, 0.6) is 11.5 Å². The zero-order valence-electron chi connectivity index (χ0n) is 15.4. The Morgan fingerprint density at radius 2 is 1.83 bits per heavy atom. The van der Waals surface area contributed by atoms with Gasteiger partial charge in [0.15, 0.2) is 11.5 Å². The molecule has 0 aromatic heterocycles. The van der Waals surface area contributed by atoms with Crippen molar-refractivity contribution in [2.24, 2.45) is 5.92 Å². The Morgan fingerprint density at radius 1 is 1.13 bits per heavy atom. The molecule has 0 aliphatic heterocycles. The van der Waals surface area contributed by atoms with E-state index in [2.05, 4.69) is 40.7 Å². The number of ether oxygens (including phenoxy) is 1. The highest BCUT2D eigenvalue weighted by atomic mass is 16.5. The molecule has 23 heavy (non-hydrogen) atoms. The van der Waals surface area contributed by atoms with E-state index < -0.39 is 0 Å². The second-order valence-electron chi connectivity index (χ2n) is 7.90. The molecule has 0 bridgehead atoms. The first-order chi connectivity index (χ1) is 10.9. The van der Waals surface area contributed by atoms with Crippen LogP contribution in [0.2, 0.25) is 0 Å². The SMILES string of the molecule is COc1c(C)c2c3c(c1O)C(C)CCC3C(C)CC2C=C(C)C. The van der Waals surface area contributed by atoms with E-state index in [1.54, 1.807) is 7.11 Å². The molecule has 0 saturated carbocycles. The predicted octanol–water partition coefficient (Wildman–Crippen LogP) is 5.78. The third-order valence-electron chi connectivity index (χ3n) is 5.99. The fourth-order valence-corrected chi connectivity index (χ4v) is 5.05. The van der Waals surface area contributed by atoms with Gasteiger partial charge in [-0.3, -0.25) is 0 Å². The molecule has 0 spiro atoms. The summed E-state index contributed by atoms with van der Waals surface area (Å²) in [5.41, 5.74) is 6.55. The maximum absolute atomic E-state index is 10.9. The topological polar surface area (TPSA) is 29.5 Å². The summed E-state index contributed by atoms with van der Waals surface area (Å²) in [6.45, 7) is 11.1. The Labute approximate surface area is 140 Å². The minimum Gasteiger partial charge on any atom is -0.504 e. The van der Waals surface area contributed by atoms with Gasteiger partial charge in [0, 0.05) is 11.5 Å². The van der Waals surface area contributed by atoms with E-state index in [9.17, 15) is 5.11 Å². The van der Waals surface area contributed by atoms with Gasteiger partial charge in [-0.2, -0.15) is 0 Å². The quantitative estimate of drug-likeness (QED) is 0.701. The molecule has 2 heteroatoms. The van der Waals surface area contributed by atoms with Gasteiger partial charge in [-0.15, -0.1) is 0 Å². The Balaban J connectivity index is 2.35. The van der Waals surface area contributed by atoms with Gasteiger partial charge in [-0.25, -0.2) is 0 Å². The average molecular weight is 314 g/mol. The zero-order valence-corrected chi connectivity index (χ0v) is 15.4. The van der Waals surface area contributed by atoms with Gasteiger partial charge < -0.3 is 9.84 Å². The highest BCUT2D eigenvalue weighted by Gasteiger charge is 2.40. The maximum atomic E-state index is 10.9. The lowest BCUT2D eigenvalue weighted by Crippen LogP contribution is -2.28. The van der Waals surface area contributed by atoms with E-state index >= 15 is 0 Å². The molecule has 2 aliphatic carbocycles. The largest absolute Gasteiger partial charge is 0.504 e. The Kier molecular flexibility index (Phi) is 4.20. The molecule has 1 aromatic carbocycles. The number of phenolic OH excluding ortho intramolecular Hbond substituents is 1. The molecule has 1 N–H and O–H groups in total. The fourth-order valence-electron chi connectivity index (χ4n) is 5.05. The van der Waals surface area contributed by atoms with Gasteiger partial charge in [-0.1, -0.05) is 25.5 Å². The van der Waals surface area contributed by atoms with Crippen molar-refractivity contribution in [1.29, 1.82) is 0 Å². The fraction of sp³-hybridized carbons (Fsp3) is 0.619. The molecule has 1 aromatic rings. The molecule has 0 radical (unpaired) electrons. The molecular weight excluding hydrogens is 284 g/mol. The van der Waals surface area contributed by atoms with Crippen LogP contribution in [0.25, 0.3) is 0 Å². The third-order valence-corrected chi connectivity index (χ3v) is 5.99. The third kappa shape index (κ3) is 2.47. The lowest BCUT2D eigenvalue weighted by atomic mass is 9.62. The molecular formula is C21H30O2. The number of hydrogen-bond acceptors (Lipinski definition) is 2. The number of aromatic hydroxyl groups is 1. The van der Waals surface area contributed by atoms with E-state index in [-0.39, 0.29) is 0 Å². The Hall–Kier alpha value is -1.44. The van der Waals surface area contributed by atoms with Crippen LogP contribution in [-0.4, -0.2) is 12.2 Å². The lowest BCUT2D eigenvalue weighted by Gasteiger charge is -2.43. The summed E-state index contributed by atoms with van der Waals surface area (Å²) in [5, 5.41) is 10.9. The smallest absolute Gasteiger partial charge is 0.163 e. The number of methoxy groups -OCH3 is 1. The summed E-state index contributed by atoms with van der Waals surface area (Å²) in [7, 11) is 1.67. The van der Waals surface area contributed by atoms with Gasteiger partial charge in [0.25, 0.3) is 0 Å². The molecule has 0 heterocycles. The van der Waals surface area contributed by atoms with Crippen LogP contribution in [0, 0.1) is 12.8 Å². The van der Waals surface area contributed by atoms with Gasteiger partial charge in [0.1, 0.15) is 0 Å². The van der Waals surface area contributed by atoms with E-state index in [1.165, 1.54) is 29.5 Å². The summed E-state index contributed by atoms with van der Waals surface area (Å²) in [6, 6.07) is 0. The molecule has 4 atom stereocenters. The predicted molar refractivity (Wildman–Crippen MR) is 95.7 cm³/mol. The van der Waals surface area contributed by atoms with Crippen molar-refractivity contribution in [3.05, 3.63) is 33.9 Å². The van der Waals surface area contributed by atoms with Crippen molar-refractivity contribution in [2.75, 3.05) is 7.11 Å². The van der Waals surface area contributed by atoms with Crippen LogP contribution in [0.15, 0.2) is 11.6 Å². The number of phenols is 1. The van der Waals surface area contributed by atoms with E-state index in [4.69, 9.17) is 4.74 Å². The maximum Gasteiger partial charge on any atom is 0.163 e. The summed E-state index contributed by atoms with van der Waals surface area (Å²) in [4.78, 5) is 0. The lowest BCUT2D eigenvalue weighted by molar-refractivity contribution is 0.314. The first kappa shape index (κ1) is 16.4. The summed E-state index contributed by atoms with van der Waals surface area (Å²) in [6.07, 6.45) is 6.01. The van der Waals surface area contributed by atoms with Crippen LogP contribution in [0.1, 0.15) is 87.0 Å². The van der Waals surface area contributed by atoms with E-state index in [0.29, 0.717) is 35.2 Å². The van der Waals surface area contributed by atoms with Crippen LogP contribution in [0.3, 0.4) is 0 Å². The summed E-state index contributed by atoms with van der Waals surface area (Å²) in [5.74, 6) is 3.20. The van der Waals surface area contributed by atoms with Crippen LogP contribution >= 0.6 is 0 Å². The van der Waals surface area contributed by atoms with Crippen molar-refractivity contribution in [3.63, 3.8) is 0 Å². The van der Waals surface area contributed by atoms with Crippen molar-refractivity contribution in [3.8, 4) is 11.5 Å². The van der Waals surface area contributed by atoms with Crippen LogP contribution in [0.4, 0.5) is 0 Å². The van der Waals surface area contributed by atoms with Crippen molar-refractivity contribution < 1.29 is 9.84 Å². The molecule has 0 fully saturated rings. The number of benzene rings is 1. The van der Waals surface area contributed by atoms with E-state index in [1.807, 2.05) is 0 Å². The highest BCUT2D eigenvalue weighted by molar-refractivity contribution is 5.64. The second kappa shape index (κ2) is 5.89. The van der Waals surface area contributed by atoms with Crippen molar-refractivity contribution in [1.82, 2.24) is 0 Å². The standard InChI is InChI=1S/C21H30O2/c1-11(2)9-15-10-13(4)16-8-7-12(3)17-19(16)18(15)14(5)21(23-6)20(17)22/h9,12-13,15-16,22H,7-8,10H2,1-6H3. The van der Waals surface area contributed by atoms with Gasteiger partial charge in [-0.05, 0) is 74.5 Å². The van der Waals surface area contributed by atoms with Crippen LogP contribution < -0.4 is 4.74 Å².